The molecule has 2 heteroatoms. The van der Waals surface area contributed by atoms with Gasteiger partial charge in [-0.05, 0) is 24.0 Å². The molecular formula is C17H25NO. The normalized spacial score (nSPS) is 13.2. The molecule has 2 nitrogen and oxygen atoms in total. The summed E-state index contributed by atoms with van der Waals surface area (Å²) in [5.41, 5.74) is 2.44. The lowest BCUT2D eigenvalue weighted by Gasteiger charge is -2.23. The van der Waals surface area contributed by atoms with Crippen molar-refractivity contribution in [1.82, 2.24) is 4.90 Å². The number of benzene rings is 1. The maximum Gasteiger partial charge on any atom is 0.219 e. The van der Waals surface area contributed by atoms with E-state index in [1.807, 2.05) is 23.1 Å². The van der Waals surface area contributed by atoms with Crippen molar-refractivity contribution in [2.75, 3.05) is 13.1 Å². The zero-order chi connectivity index (χ0) is 14.3. The zero-order valence-corrected chi connectivity index (χ0v) is 12.5. The first kappa shape index (κ1) is 15.5. The van der Waals surface area contributed by atoms with Crippen LogP contribution in [0.1, 0.15) is 39.7 Å². The van der Waals surface area contributed by atoms with Crippen molar-refractivity contribution in [2.45, 2.75) is 34.1 Å². The third-order valence-corrected chi connectivity index (χ3v) is 3.52. The number of carbonyl (C=O) groups is 1. The van der Waals surface area contributed by atoms with Gasteiger partial charge in [0.05, 0.1) is 0 Å². The third kappa shape index (κ3) is 5.29. The van der Waals surface area contributed by atoms with Crippen LogP contribution < -0.4 is 0 Å². The number of carbonyl (C=O) groups excluding carboxylic acids is 1. The second-order valence-electron chi connectivity index (χ2n) is 5.19. The minimum Gasteiger partial charge on any atom is -0.339 e. The van der Waals surface area contributed by atoms with Crippen LogP contribution in [0.3, 0.4) is 0 Å². The average Bonchev–Trinajstić information content (AvgIpc) is 2.43. The summed E-state index contributed by atoms with van der Waals surface area (Å²) in [6, 6.07) is 10.3. The molecule has 0 radical (unpaired) electrons. The SMILES string of the molecule is CCC(C)CN(C/C=C(/C)c1ccccc1)C(C)=O. The van der Waals surface area contributed by atoms with E-state index in [-0.39, 0.29) is 5.91 Å². The Kier molecular flexibility index (Phi) is 6.34. The number of nitrogens with zero attached hydrogens (tertiary/aromatic N) is 1. The zero-order valence-electron chi connectivity index (χ0n) is 12.5. The van der Waals surface area contributed by atoms with Gasteiger partial charge in [0.1, 0.15) is 0 Å². The molecule has 0 aliphatic heterocycles. The van der Waals surface area contributed by atoms with Crippen molar-refractivity contribution in [3.8, 4) is 0 Å². The van der Waals surface area contributed by atoms with Gasteiger partial charge in [-0.1, -0.05) is 56.7 Å². The second kappa shape index (κ2) is 7.78. The van der Waals surface area contributed by atoms with E-state index < -0.39 is 0 Å². The second-order valence-corrected chi connectivity index (χ2v) is 5.19. The molecule has 0 saturated heterocycles. The Balaban J connectivity index is 2.67. The average molecular weight is 259 g/mol. The first-order chi connectivity index (χ1) is 9.04. The largest absolute Gasteiger partial charge is 0.339 e. The Bertz CT molecular complexity index is 422. The van der Waals surface area contributed by atoms with E-state index in [4.69, 9.17) is 0 Å². The number of hydrogen-bond acceptors (Lipinski definition) is 1. The molecule has 1 atom stereocenters. The molecular weight excluding hydrogens is 234 g/mol. The molecule has 104 valence electrons. The van der Waals surface area contributed by atoms with Crippen LogP contribution in [0.5, 0.6) is 0 Å². The van der Waals surface area contributed by atoms with Crippen LogP contribution in [0.2, 0.25) is 0 Å². The first-order valence-corrected chi connectivity index (χ1v) is 7.02. The van der Waals surface area contributed by atoms with Crippen LogP contribution in [-0.4, -0.2) is 23.9 Å². The van der Waals surface area contributed by atoms with E-state index in [0.717, 1.165) is 13.0 Å². The molecule has 1 amide bonds. The van der Waals surface area contributed by atoms with Crippen LogP contribution in [0.25, 0.3) is 5.57 Å². The quantitative estimate of drug-likeness (QED) is 0.756. The summed E-state index contributed by atoms with van der Waals surface area (Å²) in [6.45, 7) is 9.62. The fourth-order valence-corrected chi connectivity index (χ4v) is 1.90. The predicted molar refractivity (Wildman–Crippen MR) is 81.8 cm³/mol. The molecule has 0 bridgehead atoms. The Hall–Kier alpha value is -1.57. The molecule has 0 saturated carbocycles. The molecule has 0 aliphatic rings. The summed E-state index contributed by atoms with van der Waals surface area (Å²) in [6.07, 6.45) is 3.24. The molecule has 0 aromatic heterocycles. The predicted octanol–water partition coefficient (Wildman–Crippen LogP) is 3.98. The minimum atomic E-state index is 0.150. The highest BCUT2D eigenvalue weighted by Crippen LogP contribution is 2.13. The van der Waals surface area contributed by atoms with Crippen molar-refractivity contribution in [2.24, 2.45) is 5.92 Å². The maximum atomic E-state index is 11.6. The van der Waals surface area contributed by atoms with Gasteiger partial charge in [-0.25, -0.2) is 0 Å². The van der Waals surface area contributed by atoms with Gasteiger partial charge in [0.2, 0.25) is 5.91 Å². The molecule has 1 rings (SSSR count). The van der Waals surface area contributed by atoms with Gasteiger partial charge in [0.15, 0.2) is 0 Å². The molecule has 1 aromatic rings. The van der Waals surface area contributed by atoms with E-state index in [0.29, 0.717) is 12.5 Å². The van der Waals surface area contributed by atoms with Crippen molar-refractivity contribution < 1.29 is 4.79 Å². The molecule has 0 spiro atoms. The van der Waals surface area contributed by atoms with E-state index in [9.17, 15) is 4.79 Å². The van der Waals surface area contributed by atoms with E-state index in [1.165, 1.54) is 11.1 Å². The molecule has 0 aliphatic carbocycles. The van der Waals surface area contributed by atoms with E-state index in [1.54, 1.807) is 6.92 Å². The maximum absolute atomic E-state index is 11.6. The van der Waals surface area contributed by atoms with Gasteiger partial charge < -0.3 is 4.90 Å². The summed E-state index contributed by atoms with van der Waals surface area (Å²) in [7, 11) is 0. The highest BCUT2D eigenvalue weighted by atomic mass is 16.2. The van der Waals surface area contributed by atoms with Crippen LogP contribution in [0, 0.1) is 5.92 Å². The van der Waals surface area contributed by atoms with Gasteiger partial charge in [-0.3, -0.25) is 4.79 Å². The third-order valence-electron chi connectivity index (χ3n) is 3.52. The summed E-state index contributed by atoms with van der Waals surface area (Å²) < 4.78 is 0. The Morgan fingerprint density at radius 3 is 2.42 bits per heavy atom. The van der Waals surface area contributed by atoms with Gasteiger partial charge in [-0.2, -0.15) is 0 Å². The highest BCUT2D eigenvalue weighted by molar-refractivity contribution is 5.74. The van der Waals surface area contributed by atoms with Gasteiger partial charge in [0, 0.05) is 20.0 Å². The number of rotatable bonds is 6. The summed E-state index contributed by atoms with van der Waals surface area (Å²) in [5.74, 6) is 0.701. The molecule has 0 N–H and O–H groups in total. The van der Waals surface area contributed by atoms with Gasteiger partial charge in [-0.15, -0.1) is 0 Å². The molecule has 0 heterocycles. The fraction of sp³-hybridized carbons (Fsp3) is 0.471. The lowest BCUT2D eigenvalue weighted by molar-refractivity contribution is -0.128. The van der Waals surface area contributed by atoms with Crippen LogP contribution in [-0.2, 0) is 4.79 Å². The summed E-state index contributed by atoms with van der Waals surface area (Å²) in [4.78, 5) is 13.6. The first-order valence-electron chi connectivity index (χ1n) is 7.02. The van der Waals surface area contributed by atoms with Gasteiger partial charge >= 0.3 is 0 Å². The van der Waals surface area contributed by atoms with Crippen LogP contribution in [0.15, 0.2) is 36.4 Å². The molecule has 19 heavy (non-hydrogen) atoms. The number of allylic oxidation sites excluding steroid dienone is 1. The smallest absolute Gasteiger partial charge is 0.219 e. The van der Waals surface area contributed by atoms with Crippen molar-refractivity contribution in [3.63, 3.8) is 0 Å². The highest BCUT2D eigenvalue weighted by Gasteiger charge is 2.10. The summed E-state index contributed by atoms with van der Waals surface area (Å²) in [5, 5.41) is 0. The van der Waals surface area contributed by atoms with Crippen molar-refractivity contribution >= 4 is 11.5 Å². The van der Waals surface area contributed by atoms with E-state index >= 15 is 0 Å². The summed E-state index contributed by atoms with van der Waals surface area (Å²) >= 11 is 0. The Morgan fingerprint density at radius 2 is 1.89 bits per heavy atom. The van der Waals surface area contributed by atoms with Crippen molar-refractivity contribution in [3.05, 3.63) is 42.0 Å². The fourth-order valence-electron chi connectivity index (χ4n) is 1.90. The monoisotopic (exact) mass is 259 g/mol. The van der Waals surface area contributed by atoms with Crippen LogP contribution >= 0.6 is 0 Å². The standard InChI is InChI=1S/C17H25NO/c1-5-14(2)13-18(16(4)19)12-11-15(3)17-9-7-6-8-10-17/h6-11,14H,5,12-13H2,1-4H3/b15-11-. The topological polar surface area (TPSA) is 20.3 Å². The lowest BCUT2D eigenvalue weighted by Crippen LogP contribution is -2.33. The Morgan fingerprint density at radius 1 is 1.26 bits per heavy atom. The van der Waals surface area contributed by atoms with Crippen molar-refractivity contribution in [1.29, 1.82) is 0 Å². The lowest BCUT2D eigenvalue weighted by atomic mass is 10.1. The minimum absolute atomic E-state index is 0.150. The number of amides is 1. The molecule has 1 aromatic carbocycles. The Labute approximate surface area is 117 Å². The molecule has 1 unspecified atom stereocenters. The van der Waals surface area contributed by atoms with E-state index in [2.05, 4.69) is 39.0 Å². The van der Waals surface area contributed by atoms with Gasteiger partial charge in [0.25, 0.3) is 0 Å². The number of hydrogen-bond donors (Lipinski definition) is 0. The molecule has 0 fully saturated rings. The van der Waals surface area contributed by atoms with Crippen LogP contribution in [0.4, 0.5) is 0 Å².